The maximum Gasteiger partial charge on any atom is 0.244 e. The van der Waals surface area contributed by atoms with Gasteiger partial charge in [0.25, 0.3) is 0 Å². The molecule has 0 aliphatic rings. The first-order valence-electron chi connectivity index (χ1n) is 6.08. The van der Waals surface area contributed by atoms with Crippen molar-refractivity contribution in [2.24, 2.45) is 0 Å². The number of carbonyl (C=O) groups is 1. The van der Waals surface area contributed by atoms with Gasteiger partial charge in [-0.15, -0.1) is 0 Å². The van der Waals surface area contributed by atoms with Crippen molar-refractivity contribution in [1.29, 1.82) is 0 Å². The van der Waals surface area contributed by atoms with Crippen LogP contribution in [0, 0.1) is 6.92 Å². The van der Waals surface area contributed by atoms with Crippen LogP contribution in [0.15, 0.2) is 47.0 Å². The third-order valence-electron chi connectivity index (χ3n) is 2.66. The highest BCUT2D eigenvalue weighted by Crippen LogP contribution is 2.12. The minimum atomic E-state index is -0.155. The van der Waals surface area contributed by atoms with Crippen molar-refractivity contribution >= 4 is 11.5 Å². The molecule has 1 aromatic heterocycles. The smallest absolute Gasteiger partial charge is 0.244 e. The lowest BCUT2D eigenvalue weighted by Crippen LogP contribution is -2.20. The number of amides is 1. The Labute approximate surface area is 112 Å². The van der Waals surface area contributed by atoms with Crippen LogP contribution in [-0.2, 0) is 11.3 Å². The lowest BCUT2D eigenvalue weighted by molar-refractivity contribution is -0.116. The summed E-state index contributed by atoms with van der Waals surface area (Å²) in [5, 5.41) is 2.74. The predicted octanol–water partition coefficient (Wildman–Crippen LogP) is 2.70. The van der Waals surface area contributed by atoms with E-state index in [-0.39, 0.29) is 5.91 Å². The van der Waals surface area contributed by atoms with E-state index in [9.17, 15) is 4.79 Å². The summed E-state index contributed by atoms with van der Waals surface area (Å²) in [4.78, 5) is 15.8. The fourth-order valence-electron chi connectivity index (χ4n) is 1.68. The van der Waals surface area contributed by atoms with Gasteiger partial charge in [0.2, 0.25) is 11.8 Å². The fraction of sp³-hybridized carbons (Fsp3) is 0.200. The molecular weight excluding hydrogens is 240 g/mol. The summed E-state index contributed by atoms with van der Waals surface area (Å²) >= 11 is 0. The van der Waals surface area contributed by atoms with Crippen LogP contribution in [0.2, 0.25) is 0 Å². The molecule has 0 bridgehead atoms. The Morgan fingerprint density at radius 2 is 2.11 bits per heavy atom. The summed E-state index contributed by atoms with van der Waals surface area (Å²) in [5.74, 6) is 1.09. The van der Waals surface area contributed by atoms with Crippen molar-refractivity contribution in [2.45, 2.75) is 20.4 Å². The number of nitrogens with zero attached hydrogens (tertiary/aromatic N) is 1. The van der Waals surface area contributed by atoms with Crippen molar-refractivity contribution < 1.29 is 9.21 Å². The van der Waals surface area contributed by atoms with Gasteiger partial charge in [-0.1, -0.05) is 30.3 Å². The van der Waals surface area contributed by atoms with Gasteiger partial charge in [0.05, 0.1) is 12.7 Å². The summed E-state index contributed by atoms with van der Waals surface area (Å²) in [6.45, 7) is 4.02. The zero-order valence-electron chi connectivity index (χ0n) is 11.0. The molecule has 0 unspecified atom stereocenters. The highest BCUT2D eigenvalue weighted by Gasteiger charge is 2.03. The monoisotopic (exact) mass is 256 g/mol. The van der Waals surface area contributed by atoms with E-state index in [0.29, 0.717) is 12.4 Å². The Morgan fingerprint density at radius 1 is 1.37 bits per heavy atom. The van der Waals surface area contributed by atoms with Gasteiger partial charge < -0.3 is 9.73 Å². The zero-order valence-corrected chi connectivity index (χ0v) is 11.0. The van der Waals surface area contributed by atoms with E-state index < -0.39 is 0 Å². The molecule has 4 heteroatoms. The van der Waals surface area contributed by atoms with Crippen LogP contribution in [0.1, 0.15) is 24.1 Å². The van der Waals surface area contributed by atoms with Crippen molar-refractivity contribution in [2.75, 3.05) is 0 Å². The number of allylic oxidation sites excluding steroid dienone is 1. The molecule has 4 nitrogen and oxygen atoms in total. The molecule has 0 fully saturated rings. The van der Waals surface area contributed by atoms with Crippen molar-refractivity contribution in [1.82, 2.24) is 10.3 Å². The minimum absolute atomic E-state index is 0.155. The standard InChI is InChI=1S/C15H16N2O2/c1-11(13-6-4-3-5-7-13)8-14(18)16-10-15-17-9-12(2)19-15/h3-9H,10H2,1-2H3,(H,16,18). The van der Waals surface area contributed by atoms with Crippen molar-refractivity contribution in [3.63, 3.8) is 0 Å². The molecule has 0 aliphatic heterocycles. The van der Waals surface area contributed by atoms with Crippen molar-refractivity contribution in [3.05, 3.63) is 59.8 Å². The molecule has 0 radical (unpaired) electrons. The van der Waals surface area contributed by atoms with Gasteiger partial charge in [0.1, 0.15) is 5.76 Å². The number of hydrogen-bond donors (Lipinski definition) is 1. The Bertz CT molecular complexity index is 585. The summed E-state index contributed by atoms with van der Waals surface area (Å²) in [5.41, 5.74) is 1.95. The molecule has 1 amide bonds. The molecule has 1 N–H and O–H groups in total. The van der Waals surface area contributed by atoms with Gasteiger partial charge in [-0.3, -0.25) is 4.79 Å². The second-order valence-corrected chi connectivity index (χ2v) is 4.28. The summed E-state index contributed by atoms with van der Waals surface area (Å²) in [6, 6.07) is 9.77. The lowest BCUT2D eigenvalue weighted by atomic mass is 10.1. The number of benzene rings is 1. The van der Waals surface area contributed by atoms with Gasteiger partial charge in [0.15, 0.2) is 0 Å². The summed E-state index contributed by atoms with van der Waals surface area (Å²) < 4.78 is 5.28. The van der Waals surface area contributed by atoms with E-state index in [0.717, 1.165) is 16.9 Å². The zero-order chi connectivity index (χ0) is 13.7. The van der Waals surface area contributed by atoms with Crippen LogP contribution >= 0.6 is 0 Å². The maximum atomic E-state index is 11.7. The largest absolute Gasteiger partial charge is 0.444 e. The van der Waals surface area contributed by atoms with Gasteiger partial charge in [-0.05, 0) is 25.0 Å². The minimum Gasteiger partial charge on any atom is -0.444 e. The van der Waals surface area contributed by atoms with Crippen LogP contribution in [0.5, 0.6) is 0 Å². The molecule has 0 aliphatic carbocycles. The first-order valence-corrected chi connectivity index (χ1v) is 6.08. The normalized spacial score (nSPS) is 11.4. The number of oxazole rings is 1. The molecule has 19 heavy (non-hydrogen) atoms. The van der Waals surface area contributed by atoms with Crippen molar-refractivity contribution in [3.8, 4) is 0 Å². The number of carbonyl (C=O) groups excluding carboxylic acids is 1. The molecule has 0 atom stereocenters. The molecule has 0 saturated heterocycles. The Kier molecular flexibility index (Phi) is 4.13. The predicted molar refractivity (Wildman–Crippen MR) is 73.2 cm³/mol. The average molecular weight is 256 g/mol. The van der Waals surface area contributed by atoms with E-state index in [2.05, 4.69) is 10.3 Å². The van der Waals surface area contributed by atoms with E-state index >= 15 is 0 Å². The van der Waals surface area contributed by atoms with Gasteiger partial charge in [-0.25, -0.2) is 4.98 Å². The second-order valence-electron chi connectivity index (χ2n) is 4.28. The third kappa shape index (κ3) is 3.81. The molecule has 2 rings (SSSR count). The first-order chi connectivity index (χ1) is 9.15. The summed E-state index contributed by atoms with van der Waals surface area (Å²) in [6.07, 6.45) is 3.21. The van der Waals surface area contributed by atoms with Gasteiger partial charge in [-0.2, -0.15) is 0 Å². The quantitative estimate of drug-likeness (QED) is 0.856. The number of hydrogen-bond acceptors (Lipinski definition) is 3. The topological polar surface area (TPSA) is 55.1 Å². The highest BCUT2D eigenvalue weighted by atomic mass is 16.4. The molecule has 98 valence electrons. The number of aromatic nitrogens is 1. The second kappa shape index (κ2) is 6.00. The first kappa shape index (κ1) is 13.1. The van der Waals surface area contributed by atoms with Gasteiger partial charge in [0, 0.05) is 6.08 Å². The van der Waals surface area contributed by atoms with Crippen LogP contribution in [0.25, 0.3) is 5.57 Å². The Morgan fingerprint density at radius 3 is 2.74 bits per heavy atom. The van der Waals surface area contributed by atoms with Gasteiger partial charge >= 0.3 is 0 Å². The van der Waals surface area contributed by atoms with Crippen LogP contribution < -0.4 is 5.32 Å². The number of nitrogens with one attached hydrogen (secondary N) is 1. The SMILES string of the molecule is CC(=CC(=O)NCc1ncc(C)o1)c1ccccc1. The van der Waals surface area contributed by atoms with E-state index in [1.54, 1.807) is 12.3 Å². The number of rotatable bonds is 4. The summed E-state index contributed by atoms with van der Waals surface area (Å²) in [7, 11) is 0. The van der Waals surface area contributed by atoms with E-state index in [1.807, 2.05) is 44.2 Å². The molecule has 2 aromatic rings. The third-order valence-corrected chi connectivity index (χ3v) is 2.66. The van der Waals surface area contributed by atoms with Crippen LogP contribution in [0.4, 0.5) is 0 Å². The Balaban J connectivity index is 1.94. The van der Waals surface area contributed by atoms with Crippen LogP contribution in [-0.4, -0.2) is 10.9 Å². The Hall–Kier alpha value is -2.36. The highest BCUT2D eigenvalue weighted by molar-refractivity contribution is 5.94. The van der Waals surface area contributed by atoms with E-state index in [1.165, 1.54) is 0 Å². The maximum absolute atomic E-state index is 11.7. The van der Waals surface area contributed by atoms with Crippen LogP contribution in [0.3, 0.4) is 0 Å². The fourth-order valence-corrected chi connectivity index (χ4v) is 1.68. The molecule has 0 spiro atoms. The molecule has 1 heterocycles. The lowest BCUT2D eigenvalue weighted by Gasteiger charge is -2.02. The molecule has 1 aromatic carbocycles. The molecular formula is C15H16N2O2. The average Bonchev–Trinajstić information content (AvgIpc) is 2.83. The molecule has 0 saturated carbocycles. The number of aryl methyl sites for hydroxylation is 1. The van der Waals surface area contributed by atoms with E-state index in [4.69, 9.17) is 4.42 Å².